The standard InChI is InChI=1S/C24H36N2O4/c1-19-7-9-24(10-8-19)29-17-21(27)15-25-20-11-13-26(14-12-20)16-22(28)18-30-23-5-3-2-4-6-23/h3,5-10,20-22,25,27-28H,2,4,11-18H2,1H3. The first kappa shape index (κ1) is 22.8. The summed E-state index contributed by atoms with van der Waals surface area (Å²) >= 11 is 0. The molecule has 166 valence electrons. The van der Waals surface area contributed by atoms with Gasteiger partial charge in [0.25, 0.3) is 0 Å². The second-order valence-electron chi connectivity index (χ2n) is 8.31. The normalized spacial score (nSPS) is 19.9. The van der Waals surface area contributed by atoms with E-state index in [1.165, 1.54) is 5.56 Å². The van der Waals surface area contributed by atoms with Crippen LogP contribution in [0.1, 0.15) is 31.2 Å². The van der Waals surface area contributed by atoms with Crippen molar-refractivity contribution in [3.05, 3.63) is 53.8 Å². The van der Waals surface area contributed by atoms with Crippen molar-refractivity contribution in [3.63, 3.8) is 0 Å². The van der Waals surface area contributed by atoms with Gasteiger partial charge in [-0.2, -0.15) is 0 Å². The summed E-state index contributed by atoms with van der Waals surface area (Å²) < 4.78 is 11.3. The van der Waals surface area contributed by atoms with E-state index in [2.05, 4.69) is 22.4 Å². The number of allylic oxidation sites excluding steroid dienone is 3. The fourth-order valence-corrected chi connectivity index (χ4v) is 3.75. The average Bonchev–Trinajstić information content (AvgIpc) is 2.77. The minimum Gasteiger partial charge on any atom is -0.491 e. The lowest BCUT2D eigenvalue weighted by atomic mass is 10.0. The topological polar surface area (TPSA) is 74.2 Å². The third-order valence-electron chi connectivity index (χ3n) is 5.57. The van der Waals surface area contributed by atoms with Crippen molar-refractivity contribution >= 4 is 0 Å². The summed E-state index contributed by atoms with van der Waals surface area (Å²) in [6.07, 6.45) is 9.23. The highest BCUT2D eigenvalue weighted by Gasteiger charge is 2.21. The Balaban J connectivity index is 1.25. The lowest BCUT2D eigenvalue weighted by Gasteiger charge is -2.34. The summed E-state index contributed by atoms with van der Waals surface area (Å²) in [6, 6.07) is 8.24. The molecule has 0 aromatic heterocycles. The minimum atomic E-state index is -0.536. The SMILES string of the molecule is Cc1ccc(OCC(O)CNC2CCN(CC(O)COC3=CCCC=C3)CC2)cc1. The molecule has 1 aromatic rings. The molecule has 1 aliphatic carbocycles. The van der Waals surface area contributed by atoms with Gasteiger partial charge in [0.05, 0.1) is 0 Å². The molecular weight excluding hydrogens is 380 g/mol. The van der Waals surface area contributed by atoms with E-state index in [1.54, 1.807) is 0 Å². The predicted octanol–water partition coefficient (Wildman–Crippen LogP) is 2.40. The number of β-amino-alcohol motifs (C(OH)–C–C–N with tert-alkyl or cyclic N) is 1. The maximum absolute atomic E-state index is 10.3. The Morgan fingerprint density at radius 1 is 1.03 bits per heavy atom. The number of ether oxygens (including phenoxy) is 2. The third kappa shape index (κ3) is 8.11. The van der Waals surface area contributed by atoms with Crippen molar-refractivity contribution in [3.8, 4) is 5.75 Å². The predicted molar refractivity (Wildman–Crippen MR) is 119 cm³/mol. The Kier molecular flexibility index (Phi) is 9.21. The molecule has 1 aliphatic heterocycles. The molecule has 2 unspecified atom stereocenters. The Hall–Kier alpha value is -1.86. The van der Waals surface area contributed by atoms with E-state index < -0.39 is 12.2 Å². The van der Waals surface area contributed by atoms with Gasteiger partial charge in [0, 0.05) is 19.1 Å². The van der Waals surface area contributed by atoms with E-state index in [1.807, 2.05) is 37.3 Å². The Morgan fingerprint density at radius 2 is 1.77 bits per heavy atom. The van der Waals surface area contributed by atoms with Crippen LogP contribution in [0.5, 0.6) is 5.75 Å². The van der Waals surface area contributed by atoms with Crippen LogP contribution in [0.2, 0.25) is 0 Å². The molecular formula is C24H36N2O4. The number of likely N-dealkylation sites (tertiary alicyclic amines) is 1. The molecule has 3 rings (SSSR count). The molecule has 30 heavy (non-hydrogen) atoms. The lowest BCUT2D eigenvalue weighted by molar-refractivity contribution is 0.0369. The fraction of sp³-hybridized carbons (Fsp3) is 0.583. The molecule has 0 amide bonds. The van der Waals surface area contributed by atoms with Gasteiger partial charge in [-0.1, -0.05) is 23.8 Å². The average molecular weight is 417 g/mol. The zero-order valence-electron chi connectivity index (χ0n) is 18.0. The van der Waals surface area contributed by atoms with Crippen molar-refractivity contribution in [2.24, 2.45) is 0 Å². The number of hydrogen-bond acceptors (Lipinski definition) is 6. The molecule has 6 nitrogen and oxygen atoms in total. The molecule has 1 fully saturated rings. The molecule has 1 saturated heterocycles. The van der Waals surface area contributed by atoms with Crippen LogP contribution >= 0.6 is 0 Å². The zero-order valence-corrected chi connectivity index (χ0v) is 18.0. The highest BCUT2D eigenvalue weighted by Crippen LogP contribution is 2.14. The third-order valence-corrected chi connectivity index (χ3v) is 5.57. The van der Waals surface area contributed by atoms with Gasteiger partial charge in [0.15, 0.2) is 0 Å². The van der Waals surface area contributed by atoms with Crippen molar-refractivity contribution in [1.29, 1.82) is 0 Å². The van der Waals surface area contributed by atoms with Gasteiger partial charge >= 0.3 is 0 Å². The summed E-state index contributed by atoms with van der Waals surface area (Å²) in [5.74, 6) is 1.65. The number of aliphatic hydroxyl groups is 2. The molecule has 3 N–H and O–H groups in total. The number of aryl methyl sites for hydroxylation is 1. The summed E-state index contributed by atoms with van der Waals surface area (Å²) in [5.41, 5.74) is 1.19. The second-order valence-corrected chi connectivity index (χ2v) is 8.31. The lowest BCUT2D eigenvalue weighted by Crippen LogP contribution is -2.47. The summed E-state index contributed by atoms with van der Waals surface area (Å²) in [5, 5.41) is 23.9. The first-order chi connectivity index (χ1) is 14.6. The number of aliphatic hydroxyl groups excluding tert-OH is 2. The molecule has 6 heteroatoms. The van der Waals surface area contributed by atoms with Gasteiger partial charge in [0.2, 0.25) is 0 Å². The van der Waals surface area contributed by atoms with Crippen LogP contribution in [0.25, 0.3) is 0 Å². The van der Waals surface area contributed by atoms with E-state index >= 15 is 0 Å². The van der Waals surface area contributed by atoms with Gasteiger partial charge < -0.3 is 29.9 Å². The number of benzene rings is 1. The van der Waals surface area contributed by atoms with Crippen LogP contribution < -0.4 is 10.1 Å². The largest absolute Gasteiger partial charge is 0.491 e. The molecule has 0 saturated carbocycles. The van der Waals surface area contributed by atoms with E-state index in [0.29, 0.717) is 25.7 Å². The van der Waals surface area contributed by atoms with Gasteiger partial charge in [0.1, 0.15) is 36.9 Å². The molecule has 0 spiro atoms. The van der Waals surface area contributed by atoms with Crippen LogP contribution in [0.15, 0.2) is 48.3 Å². The van der Waals surface area contributed by atoms with Crippen LogP contribution in [0.4, 0.5) is 0 Å². The number of nitrogens with zero attached hydrogens (tertiary/aromatic N) is 1. The number of piperidine rings is 1. The van der Waals surface area contributed by atoms with E-state index in [9.17, 15) is 10.2 Å². The Morgan fingerprint density at radius 3 is 2.47 bits per heavy atom. The molecule has 0 radical (unpaired) electrons. The molecule has 0 bridgehead atoms. The van der Waals surface area contributed by atoms with Gasteiger partial charge in [-0.25, -0.2) is 0 Å². The summed E-state index contributed by atoms with van der Waals surface area (Å²) in [6.45, 7) is 5.69. The van der Waals surface area contributed by atoms with Crippen molar-refractivity contribution in [1.82, 2.24) is 10.2 Å². The quantitative estimate of drug-likeness (QED) is 0.514. The monoisotopic (exact) mass is 416 g/mol. The fourth-order valence-electron chi connectivity index (χ4n) is 3.75. The van der Waals surface area contributed by atoms with Gasteiger partial charge in [-0.05, 0) is 70.0 Å². The van der Waals surface area contributed by atoms with E-state index in [-0.39, 0.29) is 6.61 Å². The van der Waals surface area contributed by atoms with Crippen LogP contribution in [0.3, 0.4) is 0 Å². The van der Waals surface area contributed by atoms with E-state index in [4.69, 9.17) is 9.47 Å². The molecule has 1 heterocycles. The zero-order chi connectivity index (χ0) is 21.2. The maximum atomic E-state index is 10.3. The van der Waals surface area contributed by atoms with Crippen molar-refractivity contribution in [2.45, 2.75) is 50.9 Å². The van der Waals surface area contributed by atoms with Gasteiger partial charge in [-0.3, -0.25) is 0 Å². The number of nitrogens with one attached hydrogen (secondary N) is 1. The first-order valence-electron chi connectivity index (χ1n) is 11.1. The molecule has 2 atom stereocenters. The first-order valence-corrected chi connectivity index (χ1v) is 11.1. The van der Waals surface area contributed by atoms with Crippen molar-refractivity contribution in [2.75, 3.05) is 39.4 Å². The summed E-state index contributed by atoms with van der Waals surface area (Å²) in [7, 11) is 0. The molecule has 1 aromatic carbocycles. The number of hydrogen-bond donors (Lipinski definition) is 3. The van der Waals surface area contributed by atoms with E-state index in [0.717, 1.165) is 50.3 Å². The van der Waals surface area contributed by atoms with Crippen LogP contribution in [0, 0.1) is 6.92 Å². The maximum Gasteiger partial charge on any atom is 0.119 e. The van der Waals surface area contributed by atoms with Crippen LogP contribution in [-0.4, -0.2) is 72.8 Å². The Labute approximate surface area is 180 Å². The highest BCUT2D eigenvalue weighted by molar-refractivity contribution is 5.26. The van der Waals surface area contributed by atoms with Crippen molar-refractivity contribution < 1.29 is 19.7 Å². The van der Waals surface area contributed by atoms with Gasteiger partial charge in [-0.15, -0.1) is 0 Å². The van der Waals surface area contributed by atoms with Crippen LogP contribution in [-0.2, 0) is 4.74 Å². The Bertz CT molecular complexity index is 681. The number of rotatable bonds is 11. The molecule has 2 aliphatic rings. The highest BCUT2D eigenvalue weighted by atomic mass is 16.5. The smallest absolute Gasteiger partial charge is 0.119 e. The second kappa shape index (κ2) is 12.1. The minimum absolute atomic E-state index is 0.284. The summed E-state index contributed by atoms with van der Waals surface area (Å²) in [4.78, 5) is 2.29.